The molecule has 0 amide bonds. The van der Waals surface area contributed by atoms with Gasteiger partial charge in [0, 0.05) is 17.1 Å². The average Bonchev–Trinajstić information content (AvgIpc) is 2.59. The average molecular weight is 324 g/mol. The van der Waals surface area contributed by atoms with Crippen LogP contribution in [0.2, 0.25) is 0 Å². The molecule has 0 aliphatic heterocycles. The third kappa shape index (κ3) is 3.52. The van der Waals surface area contributed by atoms with E-state index in [2.05, 4.69) is 20.6 Å². The van der Waals surface area contributed by atoms with Crippen LogP contribution in [0.25, 0.3) is 10.9 Å². The molecule has 0 unspecified atom stereocenters. The summed E-state index contributed by atoms with van der Waals surface area (Å²) < 4.78 is 5.19. The van der Waals surface area contributed by atoms with Gasteiger partial charge in [0.2, 0.25) is 5.95 Å². The first-order valence-electron chi connectivity index (χ1n) is 7.29. The van der Waals surface area contributed by atoms with E-state index >= 15 is 0 Å². The number of nitrogens with zero attached hydrogens (tertiary/aromatic N) is 2. The van der Waals surface area contributed by atoms with E-state index in [0.29, 0.717) is 23.0 Å². The Bertz CT molecular complexity index is 883. The predicted molar refractivity (Wildman–Crippen MR) is 91.9 cm³/mol. The number of aliphatic carboxylic acids is 1. The summed E-state index contributed by atoms with van der Waals surface area (Å²) in [6.07, 6.45) is 0. The van der Waals surface area contributed by atoms with E-state index in [4.69, 9.17) is 9.84 Å². The maximum absolute atomic E-state index is 10.8. The molecule has 0 spiro atoms. The zero-order chi connectivity index (χ0) is 16.9. The Kier molecular flexibility index (Phi) is 4.42. The lowest BCUT2D eigenvalue weighted by Crippen LogP contribution is -2.14. The molecule has 0 saturated carbocycles. The lowest BCUT2D eigenvalue weighted by Gasteiger charge is -2.11. The number of para-hydroxylation sites is 1. The molecule has 7 heteroatoms. The van der Waals surface area contributed by atoms with E-state index in [1.807, 2.05) is 48.5 Å². The van der Waals surface area contributed by atoms with Crippen LogP contribution in [0, 0.1) is 0 Å². The minimum Gasteiger partial charge on any atom is -0.497 e. The van der Waals surface area contributed by atoms with Crippen molar-refractivity contribution < 1.29 is 14.6 Å². The van der Waals surface area contributed by atoms with E-state index in [1.54, 1.807) is 7.11 Å². The minimum absolute atomic E-state index is 0.223. The van der Waals surface area contributed by atoms with Crippen LogP contribution >= 0.6 is 0 Å². The zero-order valence-electron chi connectivity index (χ0n) is 13.0. The predicted octanol–water partition coefficient (Wildman–Crippen LogP) is 2.88. The Morgan fingerprint density at radius 3 is 2.79 bits per heavy atom. The first-order chi connectivity index (χ1) is 11.7. The van der Waals surface area contributed by atoms with Gasteiger partial charge in [-0.3, -0.25) is 4.79 Å². The number of carboxylic acids is 1. The number of carboxylic acid groups (broad SMARTS) is 1. The molecule has 1 aromatic heterocycles. The third-order valence-corrected chi connectivity index (χ3v) is 3.34. The van der Waals surface area contributed by atoms with Gasteiger partial charge in [-0.1, -0.05) is 18.2 Å². The van der Waals surface area contributed by atoms with Crippen molar-refractivity contribution in [3.05, 3.63) is 48.5 Å². The second-order valence-electron chi connectivity index (χ2n) is 5.02. The molecule has 0 atom stereocenters. The van der Waals surface area contributed by atoms with Crippen LogP contribution in [0.15, 0.2) is 48.5 Å². The first-order valence-corrected chi connectivity index (χ1v) is 7.29. The van der Waals surface area contributed by atoms with Crippen LogP contribution in [-0.4, -0.2) is 34.7 Å². The SMILES string of the molecule is COc1cccc(Nc2nc(NCC(=O)O)c3ccccc3n2)c1. The molecular formula is C17H16N4O3. The number of hydrogen-bond donors (Lipinski definition) is 3. The van der Waals surface area contributed by atoms with Crippen molar-refractivity contribution in [3.63, 3.8) is 0 Å². The summed E-state index contributed by atoms with van der Waals surface area (Å²) >= 11 is 0. The Morgan fingerprint density at radius 1 is 1.17 bits per heavy atom. The molecule has 2 aromatic carbocycles. The summed E-state index contributed by atoms with van der Waals surface area (Å²) in [6.45, 7) is -0.223. The summed E-state index contributed by atoms with van der Waals surface area (Å²) in [6, 6.07) is 14.8. The van der Waals surface area contributed by atoms with Gasteiger partial charge in [0.05, 0.1) is 12.6 Å². The number of hydrogen-bond acceptors (Lipinski definition) is 6. The van der Waals surface area contributed by atoms with Gasteiger partial charge in [0.25, 0.3) is 0 Å². The lowest BCUT2D eigenvalue weighted by atomic mass is 10.2. The van der Waals surface area contributed by atoms with Gasteiger partial charge in [0.15, 0.2) is 0 Å². The smallest absolute Gasteiger partial charge is 0.322 e. The zero-order valence-corrected chi connectivity index (χ0v) is 13.0. The fourth-order valence-electron chi connectivity index (χ4n) is 2.26. The standard InChI is InChI=1S/C17H16N4O3/c1-24-12-6-4-5-11(9-12)19-17-20-14-8-3-2-7-13(14)16(21-17)18-10-15(22)23/h2-9H,10H2,1H3,(H,22,23)(H2,18,19,20,21). The van der Waals surface area contributed by atoms with Crippen LogP contribution < -0.4 is 15.4 Å². The third-order valence-electron chi connectivity index (χ3n) is 3.34. The number of nitrogens with one attached hydrogen (secondary N) is 2. The number of carbonyl (C=O) groups is 1. The van der Waals surface area contributed by atoms with Crippen LogP contribution in [-0.2, 0) is 4.79 Å². The Hall–Kier alpha value is -3.35. The van der Waals surface area contributed by atoms with Gasteiger partial charge >= 0.3 is 5.97 Å². The quantitative estimate of drug-likeness (QED) is 0.641. The van der Waals surface area contributed by atoms with Crippen molar-refractivity contribution >= 4 is 34.3 Å². The molecule has 3 N–H and O–H groups in total. The first kappa shape index (κ1) is 15.5. The number of ether oxygens (including phenoxy) is 1. The highest BCUT2D eigenvalue weighted by molar-refractivity contribution is 5.91. The van der Waals surface area contributed by atoms with E-state index in [9.17, 15) is 4.79 Å². The number of anilines is 3. The maximum Gasteiger partial charge on any atom is 0.322 e. The second kappa shape index (κ2) is 6.82. The van der Waals surface area contributed by atoms with Gasteiger partial charge in [-0.05, 0) is 24.3 Å². The number of aromatic nitrogens is 2. The van der Waals surface area contributed by atoms with Gasteiger partial charge in [-0.2, -0.15) is 4.98 Å². The summed E-state index contributed by atoms with van der Waals surface area (Å²) in [4.78, 5) is 19.7. The Balaban J connectivity index is 1.96. The normalized spacial score (nSPS) is 10.4. The number of fused-ring (bicyclic) bond motifs is 1. The molecule has 0 bridgehead atoms. The van der Waals surface area contributed by atoms with Crippen LogP contribution in [0.3, 0.4) is 0 Å². The molecular weight excluding hydrogens is 308 g/mol. The van der Waals surface area contributed by atoms with E-state index < -0.39 is 5.97 Å². The van der Waals surface area contributed by atoms with Gasteiger partial charge in [-0.25, -0.2) is 4.98 Å². The summed E-state index contributed by atoms with van der Waals surface area (Å²) in [5, 5.41) is 15.6. The van der Waals surface area contributed by atoms with E-state index in [0.717, 1.165) is 11.1 Å². The molecule has 0 aliphatic carbocycles. The van der Waals surface area contributed by atoms with Gasteiger partial charge in [-0.15, -0.1) is 0 Å². The summed E-state index contributed by atoms with van der Waals surface area (Å²) in [7, 11) is 1.60. The van der Waals surface area contributed by atoms with E-state index in [1.165, 1.54) is 0 Å². The lowest BCUT2D eigenvalue weighted by molar-refractivity contribution is -0.134. The van der Waals surface area contributed by atoms with E-state index in [-0.39, 0.29) is 6.54 Å². The van der Waals surface area contributed by atoms with Crippen molar-refractivity contribution in [2.45, 2.75) is 0 Å². The van der Waals surface area contributed by atoms with Gasteiger partial charge in [0.1, 0.15) is 18.1 Å². The summed E-state index contributed by atoms with van der Waals surface area (Å²) in [5.41, 5.74) is 1.49. The maximum atomic E-state index is 10.8. The fraction of sp³-hybridized carbons (Fsp3) is 0.118. The van der Waals surface area contributed by atoms with Crippen LogP contribution in [0.4, 0.5) is 17.5 Å². The van der Waals surface area contributed by atoms with Crippen molar-refractivity contribution in [2.24, 2.45) is 0 Å². The van der Waals surface area contributed by atoms with Crippen molar-refractivity contribution in [1.82, 2.24) is 9.97 Å². The number of rotatable bonds is 6. The molecule has 3 aromatic rings. The minimum atomic E-state index is -0.958. The highest BCUT2D eigenvalue weighted by Crippen LogP contribution is 2.24. The van der Waals surface area contributed by atoms with Gasteiger partial charge < -0.3 is 20.5 Å². The Labute approximate surface area is 138 Å². The highest BCUT2D eigenvalue weighted by Gasteiger charge is 2.09. The molecule has 0 saturated heterocycles. The van der Waals surface area contributed by atoms with Crippen molar-refractivity contribution in [1.29, 1.82) is 0 Å². The molecule has 0 radical (unpaired) electrons. The van der Waals surface area contributed by atoms with Crippen molar-refractivity contribution in [2.75, 3.05) is 24.3 Å². The van der Waals surface area contributed by atoms with Crippen LogP contribution in [0.5, 0.6) is 5.75 Å². The second-order valence-corrected chi connectivity index (χ2v) is 5.02. The van der Waals surface area contributed by atoms with Crippen LogP contribution in [0.1, 0.15) is 0 Å². The molecule has 24 heavy (non-hydrogen) atoms. The summed E-state index contributed by atoms with van der Waals surface area (Å²) in [5.74, 6) is 0.591. The monoisotopic (exact) mass is 324 g/mol. The molecule has 0 fully saturated rings. The molecule has 3 rings (SSSR count). The molecule has 7 nitrogen and oxygen atoms in total. The molecule has 1 heterocycles. The Morgan fingerprint density at radius 2 is 2.00 bits per heavy atom. The number of benzene rings is 2. The van der Waals surface area contributed by atoms with Crippen molar-refractivity contribution in [3.8, 4) is 5.75 Å². The topological polar surface area (TPSA) is 96.4 Å². The largest absolute Gasteiger partial charge is 0.497 e. The fourth-order valence-corrected chi connectivity index (χ4v) is 2.26. The molecule has 0 aliphatic rings. The number of methoxy groups -OCH3 is 1. The molecule has 122 valence electrons. The highest BCUT2D eigenvalue weighted by atomic mass is 16.5.